The summed E-state index contributed by atoms with van der Waals surface area (Å²) < 4.78 is 48.8. The van der Waals surface area contributed by atoms with Crippen molar-refractivity contribution in [1.82, 2.24) is 20.3 Å². The number of hydrogen-bond acceptors (Lipinski definition) is 15. The maximum Gasteiger partial charge on any atom is 0.411 e. The molecule has 1 unspecified atom stereocenters. The number of esters is 2. The highest BCUT2D eigenvalue weighted by atomic mass is 32.2. The summed E-state index contributed by atoms with van der Waals surface area (Å²) >= 11 is 0. The summed E-state index contributed by atoms with van der Waals surface area (Å²) in [6, 6.07) is 10.2. The molecule has 1 heterocycles. The molecule has 0 aromatic heterocycles. The Hall–Kier alpha value is -6.60. The first-order valence-electron chi connectivity index (χ1n) is 23.3. The monoisotopic (exact) mass is 994 g/mol. The number of nitrogens with one attached hydrogen (secondary N) is 4. The highest BCUT2D eigenvalue weighted by Crippen LogP contribution is 2.45. The average molecular weight is 995 g/mol. The van der Waals surface area contributed by atoms with Crippen molar-refractivity contribution in [2.75, 3.05) is 25.1 Å². The summed E-state index contributed by atoms with van der Waals surface area (Å²) in [6.07, 6.45) is 3.91. The van der Waals surface area contributed by atoms with Crippen molar-refractivity contribution in [2.45, 2.75) is 141 Å². The number of benzene rings is 2. The van der Waals surface area contributed by atoms with Gasteiger partial charge in [-0.25, -0.2) is 32.4 Å². The summed E-state index contributed by atoms with van der Waals surface area (Å²) in [4.78, 5) is 107. The first-order valence-corrected chi connectivity index (χ1v) is 24.8. The third kappa shape index (κ3) is 15.7. The van der Waals surface area contributed by atoms with Gasteiger partial charge < -0.3 is 34.5 Å². The first-order chi connectivity index (χ1) is 32.9. The van der Waals surface area contributed by atoms with Crippen LogP contribution in [0.2, 0.25) is 0 Å². The normalized spacial score (nSPS) is 19.8. The number of hydrogen-bond donors (Lipinski definition) is 4. The molecule has 2 aromatic carbocycles. The van der Waals surface area contributed by atoms with E-state index in [2.05, 4.69) is 32.2 Å². The second-order valence-electron chi connectivity index (χ2n) is 19.3. The lowest BCUT2D eigenvalue weighted by Gasteiger charge is -2.36. The van der Waals surface area contributed by atoms with Crippen LogP contribution in [0, 0.1) is 11.3 Å². The van der Waals surface area contributed by atoms with Crippen molar-refractivity contribution < 1.29 is 65.7 Å². The summed E-state index contributed by atoms with van der Waals surface area (Å²) in [5.74, 6) is -4.09. The predicted molar refractivity (Wildman–Crippen MR) is 257 cm³/mol. The fourth-order valence-electron chi connectivity index (χ4n) is 7.26. The number of ether oxygens (including phenoxy) is 4. The van der Waals surface area contributed by atoms with Gasteiger partial charge in [0.25, 0.3) is 5.91 Å². The molecule has 21 heteroatoms. The average Bonchev–Trinajstić information content (AvgIpc) is 4.22. The van der Waals surface area contributed by atoms with Gasteiger partial charge in [0.1, 0.15) is 29.3 Å². The largest absolute Gasteiger partial charge is 0.462 e. The summed E-state index contributed by atoms with van der Waals surface area (Å²) in [5.41, 5.74) is -2.61. The Kier molecular flexibility index (Phi) is 19.4. The lowest BCUT2D eigenvalue weighted by molar-refractivity contribution is -0.143. The van der Waals surface area contributed by atoms with Gasteiger partial charge in [0.05, 0.1) is 47.5 Å². The maximum absolute atomic E-state index is 14.4. The molecule has 5 rings (SSSR count). The molecule has 2 aromatic rings. The van der Waals surface area contributed by atoms with Gasteiger partial charge in [-0.1, -0.05) is 77.8 Å². The number of aliphatic imine (C=N–C) groups is 1. The van der Waals surface area contributed by atoms with E-state index in [1.165, 1.54) is 24.3 Å². The van der Waals surface area contributed by atoms with E-state index >= 15 is 0 Å². The summed E-state index contributed by atoms with van der Waals surface area (Å²) in [6.45, 7) is 18.1. The molecule has 20 nitrogen and oxygen atoms in total. The minimum atomic E-state index is -3.95. The molecular weight excluding hydrogens is 929 g/mol. The zero-order valence-corrected chi connectivity index (χ0v) is 41.9. The van der Waals surface area contributed by atoms with Gasteiger partial charge in [-0.15, -0.1) is 6.58 Å². The molecule has 1 saturated heterocycles. The van der Waals surface area contributed by atoms with Crippen molar-refractivity contribution in [3.8, 4) is 0 Å². The molecule has 0 bridgehead atoms. The number of unbranched alkanes of at least 4 members (excludes halogenated alkanes) is 2. The predicted octanol–water partition coefficient (Wildman–Crippen LogP) is 6.38. The van der Waals surface area contributed by atoms with Crippen molar-refractivity contribution in [3.63, 3.8) is 0 Å². The van der Waals surface area contributed by atoms with Crippen LogP contribution in [-0.4, -0.2) is 116 Å². The summed E-state index contributed by atoms with van der Waals surface area (Å²) in [7, 11) is -3.95. The number of isocyanates is 1. The van der Waals surface area contributed by atoms with Crippen LogP contribution in [0.4, 0.5) is 21.0 Å². The van der Waals surface area contributed by atoms with Gasteiger partial charge in [-0.3, -0.25) is 24.4 Å². The van der Waals surface area contributed by atoms with Crippen LogP contribution in [0.3, 0.4) is 0 Å². The van der Waals surface area contributed by atoms with Crippen molar-refractivity contribution in [2.24, 2.45) is 16.3 Å². The third-order valence-corrected chi connectivity index (χ3v) is 13.1. The van der Waals surface area contributed by atoms with Gasteiger partial charge in [0.2, 0.25) is 27.9 Å². The van der Waals surface area contributed by atoms with E-state index in [9.17, 15) is 46.8 Å². The minimum Gasteiger partial charge on any atom is -0.462 e. The molecule has 0 radical (unpaired) electrons. The Morgan fingerprint density at radius 1 is 0.886 bits per heavy atom. The number of carbonyl (C=O) groups excluding carboxylic acids is 8. The second-order valence-corrected chi connectivity index (χ2v) is 21.2. The molecule has 70 heavy (non-hydrogen) atoms. The number of nitrogens with zero attached hydrogens (tertiary/aromatic N) is 2. The van der Waals surface area contributed by atoms with Crippen LogP contribution in [-0.2, 0) is 48.1 Å². The van der Waals surface area contributed by atoms with Crippen LogP contribution in [0.5, 0.6) is 0 Å². The highest BCUT2D eigenvalue weighted by molar-refractivity contribution is 7.91. The lowest BCUT2D eigenvalue weighted by Crippen LogP contribution is -2.60. The van der Waals surface area contributed by atoms with Gasteiger partial charge in [-0.2, -0.15) is 4.99 Å². The van der Waals surface area contributed by atoms with E-state index in [-0.39, 0.29) is 37.2 Å². The molecule has 5 amide bonds. The van der Waals surface area contributed by atoms with E-state index in [4.69, 9.17) is 18.9 Å². The van der Waals surface area contributed by atoms with E-state index in [0.29, 0.717) is 37.1 Å². The molecule has 4 N–H and O–H groups in total. The smallest absolute Gasteiger partial charge is 0.411 e. The topological polar surface area (TPSA) is 271 Å². The van der Waals surface area contributed by atoms with Crippen LogP contribution >= 0.6 is 0 Å². The van der Waals surface area contributed by atoms with E-state index in [0.717, 1.165) is 24.2 Å². The second kappa shape index (κ2) is 24.3. The Balaban J connectivity index is 0.000000563. The molecule has 3 aliphatic rings. The number of carbonyl (C=O) groups is 7. The van der Waals surface area contributed by atoms with E-state index in [1.54, 1.807) is 77.9 Å². The fraction of sp³-hybridized carbons (Fsp3) is 0.551. The van der Waals surface area contributed by atoms with Crippen LogP contribution in [0.25, 0.3) is 0 Å². The Morgan fingerprint density at radius 3 is 2.01 bits per heavy atom. The Bertz CT molecular complexity index is 2420. The van der Waals surface area contributed by atoms with Crippen molar-refractivity contribution in [1.29, 1.82) is 0 Å². The van der Waals surface area contributed by atoms with Gasteiger partial charge in [-0.05, 0) is 82.6 Å². The molecule has 2 saturated carbocycles. The third-order valence-electron chi connectivity index (χ3n) is 11.3. The standard InChI is InChI=1S/C37H53N5O11S.C12H13NO3/c1-9-11-18-51-31(45)25-14-12-13-15-26(25)38-33(47)52-23-19-27(42(21-23)30(44)28(35(3,4)5)39-34(48)53-36(6,7)8)29(43)40-37(20-22(37)10-2)32(46)41-54(49,50)24-16-17-24;1-2-3-8-16-12(15)10-6-4-5-7-11(10)13-9-14/h10,12-15,22-24,27-28H,2,9,11,16-21H2,1,3-8H3,(H,38,47)(H,39,48)(H,40,43)(H,41,46);4-7H,2-3,8H2,1H3/t22?,23-,27+,28-,37-;/m1./s1. The molecular formula is C49H66N6O14S. The van der Waals surface area contributed by atoms with Crippen molar-refractivity contribution in [3.05, 3.63) is 72.3 Å². The van der Waals surface area contributed by atoms with Crippen LogP contribution in [0.1, 0.15) is 127 Å². The number of anilines is 1. The molecule has 3 fully saturated rings. The highest BCUT2D eigenvalue weighted by Gasteiger charge is 2.62. The number of para-hydroxylation sites is 2. The van der Waals surface area contributed by atoms with Crippen molar-refractivity contribution >= 4 is 69.3 Å². The molecule has 0 spiro atoms. The number of sulfonamides is 1. The van der Waals surface area contributed by atoms with Crippen LogP contribution in [0.15, 0.2) is 66.2 Å². The van der Waals surface area contributed by atoms with Crippen LogP contribution < -0.4 is 20.7 Å². The molecule has 2 aliphatic carbocycles. The number of alkyl carbamates (subject to hydrolysis) is 1. The Morgan fingerprint density at radius 2 is 1.47 bits per heavy atom. The SMILES string of the molecule is C=CC1C[C@]1(NC(=O)[C@@H]1C[C@@H](OC(=O)Nc2ccccc2C(=O)OCCCC)CN1C(=O)[C@@H](NC(=O)OC(C)(C)C)C(C)(C)C)C(=O)NS(=O)(=O)C1CC1.CCCCOC(=O)c1ccccc1N=C=O. The number of likely N-dealkylation sites (tertiary alicyclic amines) is 1. The minimum absolute atomic E-state index is 0.0718. The number of amides is 5. The van der Waals surface area contributed by atoms with Gasteiger partial charge >= 0.3 is 24.1 Å². The van der Waals surface area contributed by atoms with E-state index in [1.807, 2.05) is 13.8 Å². The number of rotatable bonds is 19. The molecule has 382 valence electrons. The lowest BCUT2D eigenvalue weighted by atomic mass is 9.85. The quantitative estimate of drug-likeness (QED) is 0.0297. The zero-order valence-electron chi connectivity index (χ0n) is 41.1. The van der Waals surface area contributed by atoms with E-state index < -0.39 is 97.8 Å². The fourth-order valence-corrected chi connectivity index (χ4v) is 8.63. The molecule has 5 atom stereocenters. The first kappa shape index (κ1) is 56.0. The van der Waals surface area contributed by atoms with Gasteiger partial charge in [0, 0.05) is 12.3 Å². The zero-order chi connectivity index (χ0) is 52.0. The maximum atomic E-state index is 14.4. The molecule has 1 aliphatic heterocycles. The summed E-state index contributed by atoms with van der Waals surface area (Å²) in [5, 5.41) is 7.16. The van der Waals surface area contributed by atoms with Gasteiger partial charge in [0.15, 0.2) is 0 Å². The Labute approximate surface area is 409 Å².